The fraction of sp³-hybridized carbons (Fsp3) is 0.462. The molecule has 162 valence electrons. The maximum atomic E-state index is 4.58. The summed E-state index contributed by atoms with van der Waals surface area (Å²) in [7, 11) is 0. The Balaban J connectivity index is 1.47. The summed E-state index contributed by atoms with van der Waals surface area (Å²) >= 11 is 0. The number of fused-ring (bicyclic) bond motifs is 2. The standard InChI is InChI=1S/C26H33N5/c1-17-7-5-9-23(18(17)2)19(3)27-26-25-15-21(10-11-24(25)20(4)28-29-26)31-14-13-30-12-6-8-22(30)16-31/h5,7,9-11,15,19,22H,6,8,12-14,16H2,1-4H3,(H,27,29)/t19-,22-/m1/s1. The lowest BCUT2D eigenvalue weighted by molar-refractivity contribution is 0.231. The van der Waals surface area contributed by atoms with Crippen LogP contribution in [-0.4, -0.2) is 47.3 Å². The molecular weight excluding hydrogens is 382 g/mol. The van der Waals surface area contributed by atoms with Crippen LogP contribution in [0.4, 0.5) is 11.5 Å². The highest BCUT2D eigenvalue weighted by atomic mass is 15.3. The van der Waals surface area contributed by atoms with Crippen molar-refractivity contribution in [2.45, 2.75) is 52.6 Å². The van der Waals surface area contributed by atoms with Crippen molar-refractivity contribution in [1.82, 2.24) is 15.1 Å². The van der Waals surface area contributed by atoms with E-state index in [9.17, 15) is 0 Å². The Morgan fingerprint density at radius 2 is 1.87 bits per heavy atom. The van der Waals surface area contributed by atoms with Crippen LogP contribution in [0.5, 0.6) is 0 Å². The van der Waals surface area contributed by atoms with Crippen LogP contribution in [0.3, 0.4) is 0 Å². The first-order valence-electron chi connectivity index (χ1n) is 11.6. The summed E-state index contributed by atoms with van der Waals surface area (Å²) in [5.74, 6) is 0.871. The van der Waals surface area contributed by atoms with E-state index in [1.165, 1.54) is 53.7 Å². The number of hydrogen-bond donors (Lipinski definition) is 1. The van der Waals surface area contributed by atoms with Crippen LogP contribution >= 0.6 is 0 Å². The average Bonchev–Trinajstić information content (AvgIpc) is 3.25. The number of aromatic nitrogens is 2. The maximum absolute atomic E-state index is 4.58. The second-order valence-corrected chi connectivity index (χ2v) is 9.30. The third kappa shape index (κ3) is 3.76. The Labute approximate surface area is 185 Å². The molecule has 0 amide bonds. The molecule has 0 radical (unpaired) electrons. The summed E-state index contributed by atoms with van der Waals surface area (Å²) in [6.07, 6.45) is 2.67. The predicted molar refractivity (Wildman–Crippen MR) is 129 cm³/mol. The Morgan fingerprint density at radius 1 is 1.00 bits per heavy atom. The quantitative estimate of drug-likeness (QED) is 0.649. The first kappa shape index (κ1) is 20.3. The largest absolute Gasteiger partial charge is 0.369 e. The van der Waals surface area contributed by atoms with E-state index in [1.54, 1.807) is 0 Å². The van der Waals surface area contributed by atoms with Crippen molar-refractivity contribution in [3.63, 3.8) is 0 Å². The highest BCUT2D eigenvalue weighted by molar-refractivity contribution is 5.95. The van der Waals surface area contributed by atoms with E-state index >= 15 is 0 Å². The predicted octanol–water partition coefficient (Wildman–Crippen LogP) is 5.01. The summed E-state index contributed by atoms with van der Waals surface area (Å²) in [5.41, 5.74) is 6.24. The molecule has 5 rings (SSSR count). The molecular formula is C26H33N5. The van der Waals surface area contributed by atoms with Gasteiger partial charge in [0.15, 0.2) is 5.82 Å². The normalized spacial score (nSPS) is 20.1. The van der Waals surface area contributed by atoms with Gasteiger partial charge >= 0.3 is 0 Å². The van der Waals surface area contributed by atoms with Crippen molar-refractivity contribution in [3.05, 3.63) is 58.8 Å². The molecule has 5 nitrogen and oxygen atoms in total. The van der Waals surface area contributed by atoms with Crippen molar-refractivity contribution in [1.29, 1.82) is 0 Å². The molecule has 2 fully saturated rings. The molecule has 0 aliphatic carbocycles. The molecule has 0 bridgehead atoms. The molecule has 0 saturated carbocycles. The average molecular weight is 416 g/mol. The molecule has 5 heteroatoms. The van der Waals surface area contributed by atoms with Gasteiger partial charge in [-0.1, -0.05) is 24.3 Å². The Hall–Kier alpha value is -2.66. The van der Waals surface area contributed by atoms with Gasteiger partial charge in [0.1, 0.15) is 0 Å². The first-order valence-corrected chi connectivity index (χ1v) is 11.6. The minimum Gasteiger partial charge on any atom is -0.369 e. The Kier molecular flexibility index (Phi) is 5.30. The van der Waals surface area contributed by atoms with E-state index in [0.717, 1.165) is 30.0 Å². The monoisotopic (exact) mass is 415 g/mol. The van der Waals surface area contributed by atoms with Gasteiger partial charge in [-0.15, -0.1) is 5.10 Å². The summed E-state index contributed by atoms with van der Waals surface area (Å²) in [5, 5.41) is 15.0. The number of anilines is 2. The van der Waals surface area contributed by atoms with Crippen molar-refractivity contribution in [2.75, 3.05) is 36.4 Å². The summed E-state index contributed by atoms with van der Waals surface area (Å²) in [6, 6.07) is 14.2. The fourth-order valence-electron chi connectivity index (χ4n) is 5.33. The number of hydrogen-bond acceptors (Lipinski definition) is 5. The first-order chi connectivity index (χ1) is 15.0. The summed E-state index contributed by atoms with van der Waals surface area (Å²) < 4.78 is 0. The minimum atomic E-state index is 0.158. The van der Waals surface area contributed by atoms with E-state index in [4.69, 9.17) is 0 Å². The van der Waals surface area contributed by atoms with Gasteiger partial charge in [-0.25, -0.2) is 0 Å². The number of rotatable bonds is 4. The van der Waals surface area contributed by atoms with Gasteiger partial charge in [0.2, 0.25) is 0 Å². The Morgan fingerprint density at radius 3 is 2.74 bits per heavy atom. The third-order valence-corrected chi connectivity index (χ3v) is 7.37. The number of nitrogens with zero attached hydrogens (tertiary/aromatic N) is 4. The van der Waals surface area contributed by atoms with Crippen LogP contribution in [0.15, 0.2) is 36.4 Å². The highest BCUT2D eigenvalue weighted by Gasteiger charge is 2.30. The number of benzene rings is 2. The molecule has 2 atom stereocenters. The lowest BCUT2D eigenvalue weighted by atomic mass is 9.98. The van der Waals surface area contributed by atoms with E-state index in [1.807, 2.05) is 6.92 Å². The van der Waals surface area contributed by atoms with Crippen molar-refractivity contribution in [3.8, 4) is 0 Å². The molecule has 0 spiro atoms. The van der Waals surface area contributed by atoms with Gasteiger partial charge in [0, 0.05) is 42.1 Å². The van der Waals surface area contributed by atoms with Crippen LogP contribution in [0.25, 0.3) is 10.8 Å². The van der Waals surface area contributed by atoms with Crippen LogP contribution < -0.4 is 10.2 Å². The topological polar surface area (TPSA) is 44.3 Å². The lowest BCUT2D eigenvalue weighted by Gasteiger charge is -2.39. The zero-order valence-electron chi connectivity index (χ0n) is 19.2. The smallest absolute Gasteiger partial charge is 0.157 e. The van der Waals surface area contributed by atoms with Gasteiger partial charge < -0.3 is 10.2 Å². The molecule has 2 aromatic carbocycles. The van der Waals surface area contributed by atoms with Crippen LogP contribution in [0, 0.1) is 20.8 Å². The minimum absolute atomic E-state index is 0.158. The molecule has 2 aliphatic rings. The summed E-state index contributed by atoms with van der Waals surface area (Å²) in [6.45, 7) is 13.3. The zero-order chi connectivity index (χ0) is 21.5. The van der Waals surface area contributed by atoms with Crippen molar-refractivity contribution in [2.24, 2.45) is 0 Å². The molecule has 3 heterocycles. The molecule has 2 aliphatic heterocycles. The fourth-order valence-corrected chi connectivity index (χ4v) is 5.33. The highest BCUT2D eigenvalue weighted by Crippen LogP contribution is 2.32. The SMILES string of the molecule is Cc1cccc([C@@H](C)Nc2nnc(C)c3ccc(N4CCN5CCC[C@@H]5C4)cc23)c1C. The molecule has 0 unspecified atom stereocenters. The third-order valence-electron chi connectivity index (χ3n) is 7.37. The van der Waals surface area contributed by atoms with Crippen molar-refractivity contribution >= 4 is 22.3 Å². The maximum Gasteiger partial charge on any atom is 0.157 e. The number of nitrogens with one attached hydrogen (secondary N) is 1. The molecule has 31 heavy (non-hydrogen) atoms. The molecule has 1 aromatic heterocycles. The van der Waals surface area contributed by atoms with Crippen LogP contribution in [0.1, 0.15) is 48.2 Å². The summed E-state index contributed by atoms with van der Waals surface area (Å²) in [4.78, 5) is 5.21. The second-order valence-electron chi connectivity index (χ2n) is 9.30. The van der Waals surface area contributed by atoms with Gasteiger partial charge in [-0.3, -0.25) is 4.90 Å². The van der Waals surface area contributed by atoms with Gasteiger partial charge in [0.05, 0.1) is 11.7 Å². The van der Waals surface area contributed by atoms with E-state index < -0.39 is 0 Å². The van der Waals surface area contributed by atoms with Crippen LogP contribution in [0.2, 0.25) is 0 Å². The van der Waals surface area contributed by atoms with Crippen LogP contribution in [-0.2, 0) is 0 Å². The number of piperazine rings is 1. The molecule has 3 aromatic rings. The molecule has 2 saturated heterocycles. The van der Waals surface area contributed by atoms with Gasteiger partial charge in [-0.05, 0) is 75.9 Å². The van der Waals surface area contributed by atoms with E-state index in [2.05, 4.69) is 82.5 Å². The zero-order valence-corrected chi connectivity index (χ0v) is 19.2. The number of aryl methyl sites for hydroxylation is 2. The van der Waals surface area contributed by atoms with Crippen molar-refractivity contribution < 1.29 is 0 Å². The lowest BCUT2D eigenvalue weighted by Crippen LogP contribution is -2.50. The molecule has 1 N–H and O–H groups in total. The Bertz CT molecular complexity index is 1110. The van der Waals surface area contributed by atoms with E-state index in [0.29, 0.717) is 6.04 Å². The van der Waals surface area contributed by atoms with E-state index in [-0.39, 0.29) is 6.04 Å². The van der Waals surface area contributed by atoms with Gasteiger partial charge in [0.25, 0.3) is 0 Å². The van der Waals surface area contributed by atoms with Gasteiger partial charge in [-0.2, -0.15) is 5.10 Å². The second kappa shape index (κ2) is 8.12.